The number of carbonyl (C=O) groups is 1. The Morgan fingerprint density at radius 1 is 1.19 bits per heavy atom. The lowest BCUT2D eigenvalue weighted by molar-refractivity contribution is -0.115. The number of ether oxygens (including phenoxy) is 1. The van der Waals surface area contributed by atoms with Crippen molar-refractivity contribution >= 4 is 28.9 Å². The van der Waals surface area contributed by atoms with Gasteiger partial charge in [-0.15, -0.1) is 11.3 Å². The number of nitrogens with one attached hydrogen (secondary N) is 1. The van der Waals surface area contributed by atoms with Gasteiger partial charge in [0.15, 0.2) is 17.1 Å². The van der Waals surface area contributed by atoms with Gasteiger partial charge in [-0.05, 0) is 35.9 Å². The topological polar surface area (TPSA) is 84.1 Å². The molecule has 31 heavy (non-hydrogen) atoms. The molecular weight excluding hydrogens is 431 g/mol. The first-order chi connectivity index (χ1) is 14.8. The number of nitrogens with zero attached hydrogens (tertiary/aromatic N) is 2. The third kappa shape index (κ3) is 4.22. The summed E-state index contributed by atoms with van der Waals surface area (Å²) in [5, 5.41) is 11.7. The molecule has 0 aliphatic rings. The first kappa shape index (κ1) is 21.9. The maximum absolute atomic E-state index is 14.5. The normalized spacial score (nSPS) is 12.3. The van der Waals surface area contributed by atoms with Crippen molar-refractivity contribution in [3.8, 4) is 17.5 Å². The highest BCUT2D eigenvalue weighted by Crippen LogP contribution is 2.18. The molecule has 3 rings (SSSR count). The second-order valence-corrected chi connectivity index (χ2v) is 7.14. The maximum atomic E-state index is 14.5. The summed E-state index contributed by atoms with van der Waals surface area (Å²) in [7, 11) is 2.60. The number of aromatic nitrogens is 1. The molecule has 0 saturated heterocycles. The number of amides is 1. The second-order valence-electron chi connectivity index (χ2n) is 6.11. The number of methoxy groups -OCH3 is 1. The van der Waals surface area contributed by atoms with Gasteiger partial charge >= 0.3 is 0 Å². The summed E-state index contributed by atoms with van der Waals surface area (Å²) in [6.45, 7) is 0. The van der Waals surface area contributed by atoms with Crippen molar-refractivity contribution in [3.63, 3.8) is 0 Å². The zero-order chi connectivity index (χ0) is 22.7. The monoisotopic (exact) mass is 445 g/mol. The smallest absolute Gasteiger partial charge is 0.273 e. The van der Waals surface area contributed by atoms with Crippen molar-refractivity contribution in [2.24, 2.45) is 0 Å². The third-order valence-electron chi connectivity index (χ3n) is 4.23. The van der Waals surface area contributed by atoms with Crippen LogP contribution in [0.3, 0.4) is 0 Å². The SMILES string of the molecule is CNC(=O)C(C#N)=c1sc(=Cc2ccc(OC)c(F)c2)c(=O)n1-c1ccc(F)cc1F. The van der Waals surface area contributed by atoms with E-state index < -0.39 is 34.5 Å². The van der Waals surface area contributed by atoms with Gasteiger partial charge in [0.05, 0.1) is 17.3 Å². The van der Waals surface area contributed by atoms with Crippen LogP contribution in [0, 0.1) is 28.8 Å². The summed E-state index contributed by atoms with van der Waals surface area (Å²) in [4.78, 5) is 25.2. The molecule has 0 atom stereocenters. The molecule has 3 aromatic rings. The number of benzene rings is 2. The van der Waals surface area contributed by atoms with E-state index in [-0.39, 0.29) is 20.6 Å². The van der Waals surface area contributed by atoms with Crippen LogP contribution in [0.2, 0.25) is 0 Å². The predicted octanol–water partition coefficient (Wildman–Crippen LogP) is 1.57. The fourth-order valence-corrected chi connectivity index (χ4v) is 3.87. The molecule has 10 heteroatoms. The average molecular weight is 445 g/mol. The van der Waals surface area contributed by atoms with Gasteiger partial charge in [-0.25, -0.2) is 13.2 Å². The Kier molecular flexibility index (Phi) is 6.27. The molecule has 0 aliphatic heterocycles. The highest BCUT2D eigenvalue weighted by molar-refractivity contribution is 7.07. The van der Waals surface area contributed by atoms with Crippen molar-refractivity contribution in [2.45, 2.75) is 0 Å². The van der Waals surface area contributed by atoms with Crippen LogP contribution in [-0.2, 0) is 4.79 Å². The predicted molar refractivity (Wildman–Crippen MR) is 109 cm³/mol. The van der Waals surface area contributed by atoms with E-state index in [4.69, 9.17) is 4.74 Å². The van der Waals surface area contributed by atoms with Gasteiger partial charge in [-0.3, -0.25) is 14.2 Å². The zero-order valence-corrected chi connectivity index (χ0v) is 17.0. The minimum Gasteiger partial charge on any atom is -0.494 e. The third-order valence-corrected chi connectivity index (χ3v) is 5.32. The molecule has 0 bridgehead atoms. The van der Waals surface area contributed by atoms with Crippen LogP contribution < -0.4 is 24.8 Å². The Morgan fingerprint density at radius 2 is 1.94 bits per heavy atom. The molecule has 1 amide bonds. The van der Waals surface area contributed by atoms with Gasteiger partial charge in [0.1, 0.15) is 22.4 Å². The van der Waals surface area contributed by atoms with Crippen molar-refractivity contribution < 1.29 is 22.7 Å². The maximum Gasteiger partial charge on any atom is 0.273 e. The molecule has 0 fully saturated rings. The van der Waals surface area contributed by atoms with E-state index in [9.17, 15) is 28.0 Å². The Balaban J connectivity index is 2.41. The highest BCUT2D eigenvalue weighted by atomic mass is 32.1. The molecule has 0 spiro atoms. The minimum atomic E-state index is -1.06. The van der Waals surface area contributed by atoms with Gasteiger partial charge in [0.2, 0.25) is 0 Å². The van der Waals surface area contributed by atoms with Crippen LogP contribution in [0.4, 0.5) is 13.2 Å². The summed E-state index contributed by atoms with van der Waals surface area (Å²) in [5.41, 5.74) is -1.24. The first-order valence-electron chi connectivity index (χ1n) is 8.69. The Morgan fingerprint density at radius 3 is 2.52 bits per heavy atom. The molecule has 1 heterocycles. The Labute approximate surface area is 177 Å². The fraction of sp³-hybridized carbons (Fsp3) is 0.0952. The number of nitriles is 1. The molecule has 0 aliphatic carbocycles. The van der Waals surface area contributed by atoms with E-state index in [0.717, 1.165) is 34.1 Å². The summed E-state index contributed by atoms with van der Waals surface area (Å²) in [5.74, 6) is -3.36. The van der Waals surface area contributed by atoms with Crippen LogP contribution in [0.5, 0.6) is 5.75 Å². The fourth-order valence-electron chi connectivity index (χ4n) is 2.78. The van der Waals surface area contributed by atoms with E-state index in [1.165, 1.54) is 32.4 Å². The summed E-state index contributed by atoms with van der Waals surface area (Å²) < 4.78 is 47.4. The largest absolute Gasteiger partial charge is 0.494 e. The molecule has 0 unspecified atom stereocenters. The van der Waals surface area contributed by atoms with Crippen LogP contribution >= 0.6 is 11.3 Å². The van der Waals surface area contributed by atoms with Gasteiger partial charge in [0, 0.05) is 13.1 Å². The van der Waals surface area contributed by atoms with E-state index in [0.29, 0.717) is 11.6 Å². The summed E-state index contributed by atoms with van der Waals surface area (Å²) >= 11 is 0.741. The van der Waals surface area contributed by atoms with Crippen LogP contribution in [0.25, 0.3) is 17.3 Å². The van der Waals surface area contributed by atoms with E-state index in [2.05, 4.69) is 5.32 Å². The van der Waals surface area contributed by atoms with Crippen molar-refractivity contribution in [2.75, 3.05) is 14.2 Å². The Bertz CT molecular complexity index is 1400. The van der Waals surface area contributed by atoms with Gasteiger partial charge in [-0.1, -0.05) is 6.07 Å². The number of carbonyl (C=O) groups excluding carboxylic acids is 1. The van der Waals surface area contributed by atoms with Crippen LogP contribution in [-0.4, -0.2) is 24.6 Å². The lowest BCUT2D eigenvalue weighted by atomic mass is 10.2. The number of halogens is 3. The van der Waals surface area contributed by atoms with E-state index in [1.54, 1.807) is 6.07 Å². The average Bonchev–Trinajstić information content (AvgIpc) is 3.04. The van der Waals surface area contributed by atoms with Gasteiger partial charge < -0.3 is 10.1 Å². The standard InChI is InChI=1S/C21H14F3N3O3S/c1-26-19(28)13(10-25)21-27(16-5-4-12(22)9-14(16)23)20(29)18(31-21)8-11-3-6-17(30-2)15(24)7-11/h3-9H,1-2H3,(H,26,28). The molecule has 0 radical (unpaired) electrons. The molecule has 1 aromatic heterocycles. The number of thiazole rings is 1. The van der Waals surface area contributed by atoms with Gasteiger partial charge in [0.25, 0.3) is 11.5 Å². The van der Waals surface area contributed by atoms with Crippen molar-refractivity contribution in [3.05, 3.63) is 79.0 Å². The van der Waals surface area contributed by atoms with Crippen molar-refractivity contribution in [1.29, 1.82) is 5.26 Å². The molecular formula is C21H14F3N3O3S. The second kappa shape index (κ2) is 8.89. The zero-order valence-electron chi connectivity index (χ0n) is 16.2. The summed E-state index contributed by atoms with van der Waals surface area (Å²) in [6.07, 6.45) is 1.33. The molecule has 6 nitrogen and oxygen atoms in total. The van der Waals surface area contributed by atoms with Gasteiger partial charge in [-0.2, -0.15) is 5.26 Å². The molecule has 2 aromatic carbocycles. The highest BCUT2D eigenvalue weighted by Gasteiger charge is 2.18. The van der Waals surface area contributed by atoms with Crippen LogP contribution in [0.15, 0.2) is 41.2 Å². The lowest BCUT2D eigenvalue weighted by Crippen LogP contribution is -2.33. The Hall–Kier alpha value is -3.84. The number of hydrogen-bond acceptors (Lipinski definition) is 5. The summed E-state index contributed by atoms with van der Waals surface area (Å²) in [6, 6.07) is 8.26. The molecule has 158 valence electrons. The molecule has 0 saturated carbocycles. The number of hydrogen-bond donors (Lipinski definition) is 1. The van der Waals surface area contributed by atoms with E-state index in [1.807, 2.05) is 0 Å². The number of rotatable bonds is 4. The van der Waals surface area contributed by atoms with E-state index >= 15 is 0 Å². The quantitative estimate of drug-likeness (QED) is 0.661. The molecule has 1 N–H and O–H groups in total. The van der Waals surface area contributed by atoms with Crippen molar-refractivity contribution in [1.82, 2.24) is 9.88 Å². The minimum absolute atomic E-state index is 0.0000510. The van der Waals surface area contributed by atoms with Crippen LogP contribution in [0.1, 0.15) is 5.56 Å². The first-order valence-corrected chi connectivity index (χ1v) is 9.51. The lowest BCUT2D eigenvalue weighted by Gasteiger charge is -2.05.